The molecule has 1 saturated heterocycles. The molecule has 1 fully saturated rings. The Hall–Kier alpha value is -1.09. The molecule has 3 heteroatoms. The van der Waals surface area contributed by atoms with Crippen molar-refractivity contribution < 1.29 is 9.13 Å². The zero-order valence-corrected chi connectivity index (χ0v) is 9.96. The molecule has 0 spiro atoms. The van der Waals surface area contributed by atoms with Crippen LogP contribution < -0.4 is 10.1 Å². The zero-order valence-electron chi connectivity index (χ0n) is 9.96. The molecule has 1 aliphatic rings. The lowest BCUT2D eigenvalue weighted by Crippen LogP contribution is -2.45. The van der Waals surface area contributed by atoms with E-state index in [4.69, 9.17) is 4.74 Å². The molecule has 2 nitrogen and oxygen atoms in total. The molecule has 0 bridgehead atoms. The number of nitrogens with zero attached hydrogens (tertiary/aromatic N) is 1. The first-order chi connectivity index (χ1) is 7.47. The molecular weight excluding hydrogens is 205 g/mol. The summed E-state index contributed by atoms with van der Waals surface area (Å²) in [6.45, 7) is 7.67. The molecule has 0 amide bonds. The molecule has 0 atom stereocenters. The standard InChI is InChI=1S/C13H17FNO/c1-13(2,3)11-6-9(14)4-5-12(11)16-10-7-15-8-10/h4-6,10H,7-8H2,1-3H3. The topological polar surface area (TPSA) is 23.3 Å². The van der Waals surface area contributed by atoms with Crippen LogP contribution in [0.4, 0.5) is 4.39 Å². The Labute approximate surface area is 95.8 Å². The minimum atomic E-state index is -0.212. The monoisotopic (exact) mass is 222 g/mol. The fourth-order valence-electron chi connectivity index (χ4n) is 1.68. The summed E-state index contributed by atoms with van der Waals surface area (Å²) in [5, 5.41) is 4.10. The largest absolute Gasteiger partial charge is 0.487 e. The molecule has 1 aromatic carbocycles. The number of rotatable bonds is 2. The van der Waals surface area contributed by atoms with Crippen molar-refractivity contribution in [3.8, 4) is 5.75 Å². The van der Waals surface area contributed by atoms with Crippen LogP contribution in [0.25, 0.3) is 0 Å². The quantitative estimate of drug-likeness (QED) is 0.754. The summed E-state index contributed by atoms with van der Waals surface area (Å²) in [6.07, 6.45) is 0.173. The average Bonchev–Trinajstić information content (AvgIpc) is 2.11. The van der Waals surface area contributed by atoms with Crippen molar-refractivity contribution in [3.05, 3.63) is 29.6 Å². The molecule has 1 heterocycles. The van der Waals surface area contributed by atoms with E-state index in [1.54, 1.807) is 12.1 Å². The second-order valence-electron chi connectivity index (χ2n) is 5.22. The van der Waals surface area contributed by atoms with Gasteiger partial charge in [0.2, 0.25) is 0 Å². The first-order valence-corrected chi connectivity index (χ1v) is 5.57. The Morgan fingerprint density at radius 1 is 1.31 bits per heavy atom. The predicted molar refractivity (Wildman–Crippen MR) is 61.4 cm³/mol. The first-order valence-electron chi connectivity index (χ1n) is 5.57. The van der Waals surface area contributed by atoms with E-state index in [9.17, 15) is 4.39 Å². The lowest BCUT2D eigenvalue weighted by molar-refractivity contribution is 0.136. The van der Waals surface area contributed by atoms with Gasteiger partial charge in [-0.3, -0.25) is 0 Å². The summed E-state index contributed by atoms with van der Waals surface area (Å²) in [5.74, 6) is 0.573. The SMILES string of the molecule is CC(C)(C)c1cc(F)ccc1OC1C[N]C1. The average molecular weight is 222 g/mol. The van der Waals surface area contributed by atoms with Crippen molar-refractivity contribution in [3.63, 3.8) is 0 Å². The normalized spacial score (nSPS) is 17.0. The van der Waals surface area contributed by atoms with Gasteiger partial charge in [0.25, 0.3) is 0 Å². The summed E-state index contributed by atoms with van der Waals surface area (Å²) in [7, 11) is 0. The molecule has 0 saturated carbocycles. The molecule has 1 aliphatic heterocycles. The zero-order chi connectivity index (χ0) is 11.8. The summed E-state index contributed by atoms with van der Waals surface area (Å²) < 4.78 is 19.0. The van der Waals surface area contributed by atoms with Crippen LogP contribution in [0.5, 0.6) is 5.75 Å². The third-order valence-corrected chi connectivity index (χ3v) is 2.71. The lowest BCUT2D eigenvalue weighted by atomic mass is 9.86. The van der Waals surface area contributed by atoms with Gasteiger partial charge in [0.05, 0.1) is 13.1 Å². The van der Waals surface area contributed by atoms with E-state index in [0.29, 0.717) is 0 Å². The maximum Gasteiger partial charge on any atom is 0.127 e. The van der Waals surface area contributed by atoms with Gasteiger partial charge in [-0.1, -0.05) is 20.8 Å². The maximum absolute atomic E-state index is 13.2. The van der Waals surface area contributed by atoms with Crippen LogP contribution in [0, 0.1) is 5.82 Å². The van der Waals surface area contributed by atoms with Gasteiger partial charge >= 0.3 is 0 Å². The molecule has 2 rings (SSSR count). The van der Waals surface area contributed by atoms with Crippen molar-refractivity contribution in [1.29, 1.82) is 0 Å². The van der Waals surface area contributed by atoms with Crippen LogP contribution in [-0.4, -0.2) is 19.2 Å². The van der Waals surface area contributed by atoms with Gasteiger partial charge in [-0.2, -0.15) is 0 Å². The van der Waals surface area contributed by atoms with Crippen LogP contribution in [-0.2, 0) is 5.41 Å². The second-order valence-corrected chi connectivity index (χ2v) is 5.22. The van der Waals surface area contributed by atoms with Crippen LogP contribution in [0.1, 0.15) is 26.3 Å². The molecular formula is C13H17FNO. The van der Waals surface area contributed by atoms with Crippen LogP contribution in [0.15, 0.2) is 18.2 Å². The first kappa shape index (κ1) is 11.4. The summed E-state index contributed by atoms with van der Waals surface area (Å²) in [4.78, 5) is 0. The third-order valence-electron chi connectivity index (χ3n) is 2.71. The van der Waals surface area contributed by atoms with Crippen molar-refractivity contribution in [1.82, 2.24) is 5.32 Å². The fourth-order valence-corrected chi connectivity index (χ4v) is 1.68. The van der Waals surface area contributed by atoms with E-state index in [2.05, 4.69) is 26.1 Å². The second kappa shape index (κ2) is 4.06. The van der Waals surface area contributed by atoms with Crippen molar-refractivity contribution in [2.45, 2.75) is 32.3 Å². The van der Waals surface area contributed by atoms with Gasteiger partial charge in [0, 0.05) is 5.56 Å². The molecule has 0 aromatic heterocycles. The van der Waals surface area contributed by atoms with E-state index in [1.807, 2.05) is 0 Å². The molecule has 87 valence electrons. The number of ether oxygens (including phenoxy) is 1. The Balaban J connectivity index is 2.28. The Morgan fingerprint density at radius 3 is 2.50 bits per heavy atom. The minimum absolute atomic E-state index is 0.113. The predicted octanol–water partition coefficient (Wildman–Crippen LogP) is 2.49. The van der Waals surface area contributed by atoms with E-state index in [-0.39, 0.29) is 17.3 Å². The smallest absolute Gasteiger partial charge is 0.127 e. The van der Waals surface area contributed by atoms with E-state index < -0.39 is 0 Å². The van der Waals surface area contributed by atoms with Crippen LogP contribution in [0.3, 0.4) is 0 Å². The number of hydrogen-bond acceptors (Lipinski definition) is 1. The highest BCUT2D eigenvalue weighted by Crippen LogP contribution is 2.32. The molecule has 0 unspecified atom stereocenters. The fraction of sp³-hybridized carbons (Fsp3) is 0.538. The molecule has 1 radical (unpaired) electrons. The highest BCUT2D eigenvalue weighted by Gasteiger charge is 2.25. The van der Waals surface area contributed by atoms with Gasteiger partial charge in [-0.15, -0.1) is 0 Å². The van der Waals surface area contributed by atoms with Crippen molar-refractivity contribution >= 4 is 0 Å². The van der Waals surface area contributed by atoms with Gasteiger partial charge in [0.15, 0.2) is 0 Å². The molecule has 1 aromatic rings. The Morgan fingerprint density at radius 2 is 2.00 bits per heavy atom. The van der Waals surface area contributed by atoms with E-state index in [0.717, 1.165) is 24.4 Å². The highest BCUT2D eigenvalue weighted by atomic mass is 19.1. The molecule has 0 aliphatic carbocycles. The Bertz CT molecular complexity index is 380. The van der Waals surface area contributed by atoms with Crippen molar-refractivity contribution in [2.24, 2.45) is 0 Å². The maximum atomic E-state index is 13.2. The van der Waals surface area contributed by atoms with Gasteiger partial charge in [0.1, 0.15) is 17.7 Å². The van der Waals surface area contributed by atoms with Gasteiger partial charge in [-0.25, -0.2) is 9.71 Å². The van der Waals surface area contributed by atoms with Crippen molar-refractivity contribution in [2.75, 3.05) is 13.1 Å². The third kappa shape index (κ3) is 2.35. The summed E-state index contributed by atoms with van der Waals surface area (Å²) in [5.41, 5.74) is 0.803. The Kier molecular flexibility index (Phi) is 2.89. The number of halogens is 1. The van der Waals surface area contributed by atoms with E-state index in [1.165, 1.54) is 6.07 Å². The van der Waals surface area contributed by atoms with Gasteiger partial charge < -0.3 is 4.74 Å². The van der Waals surface area contributed by atoms with Crippen LogP contribution in [0.2, 0.25) is 0 Å². The molecule has 16 heavy (non-hydrogen) atoms. The summed E-state index contributed by atoms with van der Waals surface area (Å²) >= 11 is 0. The number of benzene rings is 1. The lowest BCUT2D eigenvalue weighted by Gasteiger charge is -2.30. The highest BCUT2D eigenvalue weighted by molar-refractivity contribution is 5.39. The number of hydrogen-bond donors (Lipinski definition) is 0. The minimum Gasteiger partial charge on any atom is -0.487 e. The molecule has 0 N–H and O–H groups in total. The van der Waals surface area contributed by atoms with Crippen LogP contribution >= 0.6 is 0 Å². The summed E-state index contributed by atoms with van der Waals surface area (Å²) in [6, 6.07) is 4.72. The van der Waals surface area contributed by atoms with Gasteiger partial charge in [-0.05, 0) is 23.6 Å². The van der Waals surface area contributed by atoms with E-state index >= 15 is 0 Å².